The van der Waals surface area contributed by atoms with Crippen molar-refractivity contribution in [1.82, 2.24) is 4.90 Å². The number of nitrogens with zero attached hydrogens (tertiary/aromatic N) is 1. The molecule has 0 unspecified atom stereocenters. The van der Waals surface area contributed by atoms with Crippen LogP contribution >= 0.6 is 0 Å². The van der Waals surface area contributed by atoms with E-state index in [0.29, 0.717) is 0 Å². The summed E-state index contributed by atoms with van der Waals surface area (Å²) in [7, 11) is -3.71. The summed E-state index contributed by atoms with van der Waals surface area (Å²) in [5.41, 5.74) is 0. The third-order valence-electron chi connectivity index (χ3n) is 3.34. The molecule has 1 amide bonds. The van der Waals surface area contributed by atoms with E-state index in [1.807, 2.05) is 0 Å². The largest absolute Gasteiger partial charge is 0.392 e. The Morgan fingerprint density at radius 3 is 2.40 bits per heavy atom. The summed E-state index contributed by atoms with van der Waals surface area (Å²) in [6.07, 6.45) is 2.03. The second-order valence-electron chi connectivity index (χ2n) is 4.74. The third-order valence-corrected chi connectivity index (χ3v) is 5.43. The van der Waals surface area contributed by atoms with Gasteiger partial charge < -0.3 is 10.0 Å². The van der Waals surface area contributed by atoms with Crippen LogP contribution in [0.4, 0.5) is 0 Å². The number of sulfone groups is 1. The van der Waals surface area contributed by atoms with Crippen LogP contribution in [0.5, 0.6) is 0 Å². The molecule has 3 atom stereocenters. The molecule has 6 heteroatoms. The Bertz CT molecular complexity index is 622. The lowest BCUT2D eigenvalue weighted by Gasteiger charge is -2.45. The maximum Gasteiger partial charge on any atom is 0.236 e. The zero-order valence-electron chi connectivity index (χ0n) is 11.3. The van der Waals surface area contributed by atoms with Crippen molar-refractivity contribution in [2.24, 2.45) is 5.92 Å². The van der Waals surface area contributed by atoms with Gasteiger partial charge in [-0.15, -0.1) is 0 Å². The van der Waals surface area contributed by atoms with Gasteiger partial charge in [0, 0.05) is 6.20 Å². The van der Waals surface area contributed by atoms with Gasteiger partial charge in [-0.2, -0.15) is 0 Å². The van der Waals surface area contributed by atoms with E-state index in [2.05, 4.69) is 0 Å². The molecule has 1 heterocycles. The summed E-state index contributed by atoms with van der Waals surface area (Å²) in [4.78, 5) is 13.2. The Morgan fingerprint density at radius 2 is 1.90 bits per heavy atom. The average Bonchev–Trinajstić information content (AvgIpc) is 2.42. The second kappa shape index (κ2) is 5.38. The highest BCUT2D eigenvalue weighted by Crippen LogP contribution is 2.36. The van der Waals surface area contributed by atoms with Crippen molar-refractivity contribution in [2.45, 2.75) is 30.2 Å². The molecule has 1 N–H and O–H groups in total. The third kappa shape index (κ3) is 2.25. The van der Waals surface area contributed by atoms with E-state index in [4.69, 9.17) is 0 Å². The van der Waals surface area contributed by atoms with Gasteiger partial charge in [0.2, 0.25) is 15.7 Å². The zero-order chi connectivity index (χ0) is 14.9. The fourth-order valence-corrected chi connectivity index (χ4v) is 4.38. The van der Waals surface area contributed by atoms with E-state index >= 15 is 0 Å². The van der Waals surface area contributed by atoms with Crippen LogP contribution in [0.1, 0.15) is 13.8 Å². The molecule has 1 fully saturated rings. The minimum atomic E-state index is -3.71. The predicted octanol–water partition coefficient (Wildman–Crippen LogP) is 1.16. The van der Waals surface area contributed by atoms with Crippen LogP contribution in [-0.2, 0) is 14.6 Å². The molecule has 0 spiro atoms. The Balaban J connectivity index is 2.44. The number of aliphatic hydroxyl groups excluding tert-OH is 1. The fraction of sp³-hybridized carbons (Fsp3) is 0.357. The molecule has 1 aliphatic rings. The van der Waals surface area contributed by atoms with Gasteiger partial charge in [0.15, 0.2) is 5.37 Å². The van der Waals surface area contributed by atoms with Gasteiger partial charge in [-0.3, -0.25) is 4.79 Å². The van der Waals surface area contributed by atoms with Gasteiger partial charge in [0.25, 0.3) is 0 Å². The standard InChI is InChI=1S/C14H17NO4S/c1-3-9-15-13(17)12(10(2)16)14(15)20(18,19)11-7-5-4-6-8-11/h3-10,12,14,16H,1-2H3/t10-,12+,14-/m1/s1. The number of carbonyl (C=O) groups is 1. The minimum absolute atomic E-state index is 0.151. The summed E-state index contributed by atoms with van der Waals surface area (Å²) >= 11 is 0. The first-order valence-electron chi connectivity index (χ1n) is 6.33. The molecule has 20 heavy (non-hydrogen) atoms. The number of hydrogen-bond donors (Lipinski definition) is 1. The summed E-state index contributed by atoms with van der Waals surface area (Å²) in [6.45, 7) is 3.14. The monoisotopic (exact) mass is 295 g/mol. The highest BCUT2D eigenvalue weighted by molar-refractivity contribution is 7.92. The molecule has 0 bridgehead atoms. The van der Waals surface area contributed by atoms with Crippen LogP contribution < -0.4 is 0 Å². The van der Waals surface area contributed by atoms with Gasteiger partial charge in [-0.1, -0.05) is 24.3 Å². The SMILES string of the molecule is CC=CN1C(=O)[C@H]([C@@H](C)O)[C@H]1S(=O)(=O)c1ccccc1. The lowest BCUT2D eigenvalue weighted by molar-refractivity contribution is -0.152. The first-order chi connectivity index (χ1) is 9.41. The minimum Gasteiger partial charge on any atom is -0.392 e. The van der Waals surface area contributed by atoms with E-state index in [0.717, 1.165) is 0 Å². The van der Waals surface area contributed by atoms with Crippen molar-refractivity contribution in [3.05, 3.63) is 42.6 Å². The topological polar surface area (TPSA) is 74.7 Å². The van der Waals surface area contributed by atoms with Crippen LogP contribution in [0.15, 0.2) is 47.5 Å². The number of hydrogen-bond acceptors (Lipinski definition) is 4. The summed E-state index contributed by atoms with van der Waals surface area (Å²) in [5.74, 6) is -1.29. The Morgan fingerprint density at radius 1 is 1.30 bits per heavy atom. The Kier molecular flexibility index (Phi) is 3.96. The number of rotatable bonds is 4. The van der Waals surface area contributed by atoms with Crippen molar-refractivity contribution >= 4 is 15.7 Å². The Labute approximate surface area is 118 Å². The predicted molar refractivity (Wildman–Crippen MR) is 74.2 cm³/mol. The molecule has 0 aromatic heterocycles. The smallest absolute Gasteiger partial charge is 0.236 e. The lowest BCUT2D eigenvalue weighted by Crippen LogP contribution is -2.64. The van der Waals surface area contributed by atoms with Gasteiger partial charge >= 0.3 is 0 Å². The van der Waals surface area contributed by atoms with Crippen molar-refractivity contribution < 1.29 is 18.3 Å². The molecule has 1 saturated heterocycles. The number of allylic oxidation sites excluding steroid dienone is 1. The number of aliphatic hydroxyl groups is 1. The molecule has 0 saturated carbocycles. The first kappa shape index (κ1) is 14.7. The van der Waals surface area contributed by atoms with Crippen LogP contribution in [0, 0.1) is 5.92 Å². The summed E-state index contributed by atoms with van der Waals surface area (Å²) in [5, 5.41) is 8.63. The quantitative estimate of drug-likeness (QED) is 0.846. The van der Waals surface area contributed by atoms with Gasteiger partial charge in [0.1, 0.15) is 0 Å². The van der Waals surface area contributed by atoms with Crippen molar-refractivity contribution in [3.63, 3.8) is 0 Å². The van der Waals surface area contributed by atoms with E-state index in [-0.39, 0.29) is 10.8 Å². The summed E-state index contributed by atoms with van der Waals surface area (Å²) in [6, 6.07) is 7.96. The number of benzene rings is 1. The molecular weight excluding hydrogens is 278 g/mol. The highest BCUT2D eigenvalue weighted by atomic mass is 32.2. The average molecular weight is 295 g/mol. The highest BCUT2D eigenvalue weighted by Gasteiger charge is 2.55. The first-order valence-corrected chi connectivity index (χ1v) is 7.88. The molecule has 0 radical (unpaired) electrons. The van der Waals surface area contributed by atoms with E-state index in [1.165, 1.54) is 30.2 Å². The number of likely N-dealkylation sites (tertiary alicyclic amines) is 1. The Hall–Kier alpha value is -1.66. The van der Waals surface area contributed by atoms with E-state index in [9.17, 15) is 18.3 Å². The maximum absolute atomic E-state index is 12.6. The number of carbonyl (C=O) groups excluding carboxylic acids is 1. The maximum atomic E-state index is 12.6. The molecular formula is C14H17NO4S. The van der Waals surface area contributed by atoms with Crippen molar-refractivity contribution in [2.75, 3.05) is 0 Å². The van der Waals surface area contributed by atoms with E-state index in [1.54, 1.807) is 31.2 Å². The molecule has 1 aromatic carbocycles. The molecule has 2 rings (SSSR count). The molecule has 1 aliphatic heterocycles. The molecule has 1 aromatic rings. The van der Waals surface area contributed by atoms with Crippen LogP contribution in [0.2, 0.25) is 0 Å². The van der Waals surface area contributed by atoms with Gasteiger partial charge in [-0.25, -0.2) is 8.42 Å². The zero-order valence-corrected chi connectivity index (χ0v) is 12.1. The van der Waals surface area contributed by atoms with Gasteiger partial charge in [-0.05, 0) is 26.0 Å². The molecule has 5 nitrogen and oxygen atoms in total. The van der Waals surface area contributed by atoms with Crippen molar-refractivity contribution in [3.8, 4) is 0 Å². The number of β-lactam (4-membered cyclic amide) rings is 1. The molecule has 0 aliphatic carbocycles. The molecule has 108 valence electrons. The van der Waals surface area contributed by atoms with Crippen LogP contribution in [-0.4, -0.2) is 35.8 Å². The number of amides is 1. The normalized spacial score (nSPS) is 24.8. The lowest BCUT2D eigenvalue weighted by atomic mass is 9.93. The van der Waals surface area contributed by atoms with Crippen LogP contribution in [0.3, 0.4) is 0 Å². The summed E-state index contributed by atoms with van der Waals surface area (Å²) < 4.78 is 25.2. The van der Waals surface area contributed by atoms with Gasteiger partial charge in [0.05, 0.1) is 16.9 Å². The second-order valence-corrected chi connectivity index (χ2v) is 6.79. The van der Waals surface area contributed by atoms with Crippen molar-refractivity contribution in [1.29, 1.82) is 0 Å². The van der Waals surface area contributed by atoms with Crippen LogP contribution in [0.25, 0.3) is 0 Å². The fourth-order valence-electron chi connectivity index (χ4n) is 2.37. The van der Waals surface area contributed by atoms with E-state index < -0.39 is 27.2 Å².